The van der Waals surface area contributed by atoms with Gasteiger partial charge in [-0.25, -0.2) is 4.39 Å². The number of aryl methyl sites for hydroxylation is 1. The minimum Gasteiger partial charge on any atom is -0.318 e. The van der Waals surface area contributed by atoms with Crippen LogP contribution in [-0.4, -0.2) is 25.5 Å². The molecule has 162 valence electrons. The summed E-state index contributed by atoms with van der Waals surface area (Å²) in [7, 11) is 0. The van der Waals surface area contributed by atoms with E-state index in [0.717, 1.165) is 39.3 Å². The molecule has 0 aliphatic carbocycles. The summed E-state index contributed by atoms with van der Waals surface area (Å²) in [6.45, 7) is 3.85. The van der Waals surface area contributed by atoms with Gasteiger partial charge in [0.2, 0.25) is 0 Å². The van der Waals surface area contributed by atoms with E-state index in [4.69, 9.17) is 0 Å². The maximum Gasteiger partial charge on any atom is 0.293 e. The molecule has 1 aromatic heterocycles. The molecule has 0 bridgehead atoms. The molecule has 4 rings (SSSR count). The van der Waals surface area contributed by atoms with E-state index in [1.54, 1.807) is 30.3 Å². The average Bonchev–Trinajstić information content (AvgIpc) is 3.19. The largest absolute Gasteiger partial charge is 0.318 e. The van der Waals surface area contributed by atoms with Crippen LogP contribution < -0.4 is 0 Å². The maximum absolute atomic E-state index is 13.1. The van der Waals surface area contributed by atoms with Crippen LogP contribution in [0.1, 0.15) is 22.5 Å². The first-order valence-electron chi connectivity index (χ1n) is 9.68. The number of hydrogen-bond donors (Lipinski definition) is 0. The van der Waals surface area contributed by atoms with Gasteiger partial charge >= 0.3 is 0 Å². The molecule has 1 aliphatic heterocycles. The zero-order valence-electron chi connectivity index (χ0n) is 17.2. The van der Waals surface area contributed by atoms with Crippen molar-refractivity contribution in [3.8, 4) is 5.69 Å². The highest BCUT2D eigenvalue weighted by Crippen LogP contribution is 2.34. The summed E-state index contributed by atoms with van der Waals surface area (Å²) in [4.78, 5) is 37.1. The second kappa shape index (κ2) is 8.43. The molecule has 2 aromatic carbocycles. The number of non-ortho nitro benzene ring substituents is 1. The number of hydrogen-bond acceptors (Lipinski definition) is 5. The Labute approximate surface area is 187 Å². The third-order valence-corrected chi connectivity index (χ3v) is 6.11. The highest BCUT2D eigenvalue weighted by Gasteiger charge is 2.35. The molecule has 1 saturated heterocycles. The molecule has 7 nitrogen and oxygen atoms in total. The Morgan fingerprint density at radius 3 is 2.34 bits per heavy atom. The fourth-order valence-electron chi connectivity index (χ4n) is 3.60. The number of carbonyl (C=O) groups is 2. The van der Waals surface area contributed by atoms with Crippen LogP contribution in [0.25, 0.3) is 11.8 Å². The number of nitrogens with zero attached hydrogens (tertiary/aromatic N) is 3. The summed E-state index contributed by atoms with van der Waals surface area (Å²) < 4.78 is 15.0. The molecule has 3 aromatic rings. The summed E-state index contributed by atoms with van der Waals surface area (Å²) in [5, 5.41) is 10.5. The van der Waals surface area contributed by atoms with E-state index in [9.17, 15) is 24.1 Å². The molecular formula is C23H18FN3O4S. The van der Waals surface area contributed by atoms with Crippen molar-refractivity contribution in [3.05, 3.63) is 97.9 Å². The van der Waals surface area contributed by atoms with Gasteiger partial charge in [0.05, 0.1) is 16.4 Å². The van der Waals surface area contributed by atoms with Crippen LogP contribution in [0.5, 0.6) is 0 Å². The highest BCUT2D eigenvalue weighted by atomic mass is 32.2. The maximum atomic E-state index is 13.1. The van der Waals surface area contributed by atoms with E-state index >= 15 is 0 Å². The standard InChI is InChI=1S/C23H18FN3O4S/c1-14-11-17(15(2)26(14)19-7-9-20(10-8-19)27(30)31)12-21-22(28)25(23(29)32-21)13-16-3-5-18(24)6-4-16/h3-12H,13H2,1-2H3. The average molecular weight is 451 g/mol. The topological polar surface area (TPSA) is 85.5 Å². The predicted molar refractivity (Wildman–Crippen MR) is 120 cm³/mol. The normalized spacial score (nSPS) is 15.1. The summed E-state index contributed by atoms with van der Waals surface area (Å²) in [6.07, 6.45) is 1.68. The number of halogens is 1. The Hall–Kier alpha value is -3.72. The third kappa shape index (κ3) is 4.06. The van der Waals surface area contributed by atoms with E-state index < -0.39 is 10.8 Å². The van der Waals surface area contributed by atoms with Gasteiger partial charge in [-0.15, -0.1) is 0 Å². The molecule has 0 saturated carbocycles. The van der Waals surface area contributed by atoms with Crippen molar-refractivity contribution >= 4 is 34.7 Å². The molecular weight excluding hydrogens is 433 g/mol. The first kappa shape index (κ1) is 21.5. The molecule has 0 atom stereocenters. The Morgan fingerprint density at radius 2 is 1.72 bits per heavy atom. The number of benzene rings is 2. The molecule has 0 radical (unpaired) electrons. The molecule has 9 heteroatoms. The number of aromatic nitrogens is 1. The summed E-state index contributed by atoms with van der Waals surface area (Å²) >= 11 is 0.864. The van der Waals surface area contributed by atoms with Crippen LogP contribution in [-0.2, 0) is 11.3 Å². The van der Waals surface area contributed by atoms with Gasteiger partial charge in [0.1, 0.15) is 5.82 Å². The molecule has 32 heavy (non-hydrogen) atoms. The molecule has 1 aliphatic rings. The lowest BCUT2D eigenvalue weighted by molar-refractivity contribution is -0.384. The first-order valence-corrected chi connectivity index (χ1v) is 10.5. The van der Waals surface area contributed by atoms with Gasteiger partial charge in [0.25, 0.3) is 16.8 Å². The molecule has 0 spiro atoms. The zero-order chi connectivity index (χ0) is 23.0. The van der Waals surface area contributed by atoms with Gasteiger partial charge in [-0.1, -0.05) is 12.1 Å². The van der Waals surface area contributed by atoms with Gasteiger partial charge in [0, 0.05) is 29.2 Å². The second-order valence-electron chi connectivity index (χ2n) is 7.33. The van der Waals surface area contributed by atoms with Gasteiger partial charge in [-0.2, -0.15) is 0 Å². The van der Waals surface area contributed by atoms with E-state index in [1.165, 1.54) is 24.3 Å². The monoisotopic (exact) mass is 451 g/mol. The van der Waals surface area contributed by atoms with Crippen LogP contribution >= 0.6 is 11.8 Å². The fraction of sp³-hybridized carbons (Fsp3) is 0.130. The zero-order valence-corrected chi connectivity index (χ0v) is 18.1. The summed E-state index contributed by atoms with van der Waals surface area (Å²) in [5.41, 5.74) is 3.91. The van der Waals surface area contributed by atoms with Crippen LogP contribution in [0.15, 0.2) is 59.5 Å². The van der Waals surface area contributed by atoms with Crippen molar-refractivity contribution < 1.29 is 18.9 Å². The number of carbonyl (C=O) groups excluding carboxylic acids is 2. The van der Waals surface area contributed by atoms with Crippen LogP contribution in [0, 0.1) is 29.8 Å². The van der Waals surface area contributed by atoms with E-state index in [0.29, 0.717) is 10.5 Å². The Morgan fingerprint density at radius 1 is 1.06 bits per heavy atom. The lowest BCUT2D eigenvalue weighted by atomic mass is 10.2. The van der Waals surface area contributed by atoms with Gasteiger partial charge in [-0.05, 0) is 73.1 Å². The number of rotatable bonds is 5. The van der Waals surface area contributed by atoms with Crippen molar-refractivity contribution in [1.82, 2.24) is 9.47 Å². The van der Waals surface area contributed by atoms with Gasteiger partial charge in [-0.3, -0.25) is 24.6 Å². The van der Waals surface area contributed by atoms with Crippen molar-refractivity contribution in [2.75, 3.05) is 0 Å². The first-order chi connectivity index (χ1) is 15.2. The second-order valence-corrected chi connectivity index (χ2v) is 8.32. The lowest BCUT2D eigenvalue weighted by Crippen LogP contribution is -2.27. The molecule has 2 heterocycles. The van der Waals surface area contributed by atoms with Crippen molar-refractivity contribution in [2.24, 2.45) is 0 Å². The SMILES string of the molecule is Cc1cc(C=C2SC(=O)N(Cc3ccc(F)cc3)C2=O)c(C)n1-c1ccc([N+](=O)[O-])cc1. The van der Waals surface area contributed by atoms with Crippen molar-refractivity contribution in [3.63, 3.8) is 0 Å². The summed E-state index contributed by atoms with van der Waals surface area (Å²) in [6, 6.07) is 13.8. The lowest BCUT2D eigenvalue weighted by Gasteiger charge is -2.12. The Balaban J connectivity index is 1.61. The van der Waals surface area contributed by atoms with Crippen LogP contribution in [0.4, 0.5) is 14.9 Å². The predicted octanol–water partition coefficient (Wildman–Crippen LogP) is 5.38. The smallest absolute Gasteiger partial charge is 0.293 e. The van der Waals surface area contributed by atoms with Gasteiger partial charge in [0.15, 0.2) is 0 Å². The molecule has 0 unspecified atom stereocenters. The molecule has 1 fully saturated rings. The number of amides is 2. The Kier molecular flexibility index (Phi) is 5.67. The number of nitro benzene ring substituents is 1. The molecule has 2 amide bonds. The highest BCUT2D eigenvalue weighted by molar-refractivity contribution is 8.18. The van der Waals surface area contributed by atoms with Gasteiger partial charge < -0.3 is 4.57 Å². The van der Waals surface area contributed by atoms with Crippen molar-refractivity contribution in [2.45, 2.75) is 20.4 Å². The molecule has 0 N–H and O–H groups in total. The van der Waals surface area contributed by atoms with E-state index in [1.807, 2.05) is 24.5 Å². The Bertz CT molecular complexity index is 1260. The van der Waals surface area contributed by atoms with E-state index in [2.05, 4.69) is 0 Å². The minimum absolute atomic E-state index is 0.00580. The third-order valence-electron chi connectivity index (χ3n) is 5.20. The summed E-state index contributed by atoms with van der Waals surface area (Å²) in [5.74, 6) is -0.782. The minimum atomic E-state index is -0.452. The van der Waals surface area contributed by atoms with E-state index in [-0.39, 0.29) is 23.3 Å². The van der Waals surface area contributed by atoms with Crippen molar-refractivity contribution in [1.29, 1.82) is 0 Å². The van der Waals surface area contributed by atoms with Crippen LogP contribution in [0.2, 0.25) is 0 Å². The number of nitro groups is 1. The number of imide groups is 1. The number of thioether (sulfide) groups is 1. The fourth-order valence-corrected chi connectivity index (χ4v) is 4.43. The quantitative estimate of drug-likeness (QED) is 0.295. The van der Waals surface area contributed by atoms with Crippen LogP contribution in [0.3, 0.4) is 0 Å².